The smallest absolute Gasteiger partial charge is 0.340 e. The molecule has 6 heteroatoms. The molecule has 1 saturated carbocycles. The molecule has 1 amide bonds. The molecular formula is C24H31NO4S. The van der Waals surface area contributed by atoms with E-state index in [0.29, 0.717) is 16.5 Å². The van der Waals surface area contributed by atoms with Crippen LogP contribution in [0.3, 0.4) is 0 Å². The molecule has 0 atom stereocenters. The highest BCUT2D eigenvalue weighted by molar-refractivity contribution is 7.20. The van der Waals surface area contributed by atoms with Crippen LogP contribution in [0.4, 0.5) is 5.00 Å². The van der Waals surface area contributed by atoms with Crippen molar-refractivity contribution in [2.45, 2.75) is 52.5 Å². The topological polar surface area (TPSA) is 55.8 Å². The van der Waals surface area contributed by atoms with Gasteiger partial charge in [0, 0.05) is 16.8 Å². The molecule has 30 heavy (non-hydrogen) atoms. The van der Waals surface area contributed by atoms with Gasteiger partial charge in [-0.15, -0.1) is 11.3 Å². The van der Waals surface area contributed by atoms with E-state index in [1.807, 2.05) is 49.1 Å². The van der Waals surface area contributed by atoms with E-state index in [9.17, 15) is 9.59 Å². The summed E-state index contributed by atoms with van der Waals surface area (Å²) in [5.74, 6) is 1.16. The van der Waals surface area contributed by atoms with Crippen LogP contribution < -0.4 is 9.64 Å². The second kappa shape index (κ2) is 9.65. The lowest BCUT2D eigenvalue weighted by Crippen LogP contribution is -2.42. The molecule has 0 N–H and O–H groups in total. The molecule has 1 aliphatic rings. The number of benzene rings is 1. The van der Waals surface area contributed by atoms with E-state index < -0.39 is 5.97 Å². The average Bonchev–Trinajstić information content (AvgIpc) is 3.18. The molecule has 0 radical (unpaired) electrons. The van der Waals surface area contributed by atoms with Crippen LogP contribution in [0.1, 0.15) is 56.8 Å². The van der Waals surface area contributed by atoms with E-state index in [1.165, 1.54) is 18.4 Å². The lowest BCUT2D eigenvalue weighted by Gasteiger charge is -2.33. The quantitative estimate of drug-likeness (QED) is 0.546. The van der Waals surface area contributed by atoms with Crippen molar-refractivity contribution in [2.24, 2.45) is 11.8 Å². The van der Waals surface area contributed by atoms with Crippen molar-refractivity contribution in [1.82, 2.24) is 0 Å². The van der Waals surface area contributed by atoms with Gasteiger partial charge >= 0.3 is 5.97 Å². The summed E-state index contributed by atoms with van der Waals surface area (Å²) in [4.78, 5) is 28.8. The van der Waals surface area contributed by atoms with Gasteiger partial charge in [0.05, 0.1) is 19.8 Å². The number of hydrogen-bond donors (Lipinski definition) is 0. The molecule has 0 spiro atoms. The number of hydrogen-bond acceptors (Lipinski definition) is 5. The highest BCUT2D eigenvalue weighted by Gasteiger charge is 2.33. The van der Waals surface area contributed by atoms with Crippen LogP contribution in [0.2, 0.25) is 0 Å². The second-order valence-corrected chi connectivity index (χ2v) is 9.34. The number of esters is 1. The zero-order chi connectivity index (χ0) is 21.8. The number of rotatable bonds is 6. The first-order chi connectivity index (χ1) is 14.3. The maximum atomic E-state index is 13.5. The van der Waals surface area contributed by atoms with Crippen LogP contribution in [-0.4, -0.2) is 32.1 Å². The molecule has 1 aromatic carbocycles. The average molecular weight is 430 g/mol. The lowest BCUT2D eigenvalue weighted by molar-refractivity contribution is -0.123. The van der Waals surface area contributed by atoms with Crippen molar-refractivity contribution in [3.8, 4) is 16.2 Å². The highest BCUT2D eigenvalue weighted by Crippen LogP contribution is 2.41. The molecule has 0 unspecified atom stereocenters. The maximum Gasteiger partial charge on any atom is 0.340 e. The SMILES string of the molecule is COC(=O)c1cc(-c2ccc(OC)cc2)sc1N(C(=O)C1CCC(C)CC1)C(C)C. The third-order valence-electron chi connectivity index (χ3n) is 5.83. The van der Waals surface area contributed by atoms with Gasteiger partial charge in [-0.05, 0) is 81.3 Å². The molecule has 0 aliphatic heterocycles. The molecule has 2 aromatic rings. The van der Waals surface area contributed by atoms with Gasteiger partial charge in [0.25, 0.3) is 0 Å². The molecule has 1 aliphatic carbocycles. The minimum Gasteiger partial charge on any atom is -0.497 e. The van der Waals surface area contributed by atoms with Gasteiger partial charge in [0.15, 0.2) is 0 Å². The van der Waals surface area contributed by atoms with Crippen molar-refractivity contribution >= 4 is 28.2 Å². The molecule has 1 aromatic heterocycles. The molecular weight excluding hydrogens is 398 g/mol. The zero-order valence-electron chi connectivity index (χ0n) is 18.4. The van der Waals surface area contributed by atoms with Crippen LogP contribution in [-0.2, 0) is 9.53 Å². The van der Waals surface area contributed by atoms with Crippen LogP contribution in [0, 0.1) is 11.8 Å². The third kappa shape index (κ3) is 4.69. The highest BCUT2D eigenvalue weighted by atomic mass is 32.1. The van der Waals surface area contributed by atoms with Gasteiger partial charge in [-0.1, -0.05) is 6.92 Å². The predicted octanol–water partition coefficient (Wildman–Crippen LogP) is 5.78. The Morgan fingerprint density at radius 2 is 1.70 bits per heavy atom. The number of ether oxygens (including phenoxy) is 2. The first kappa shape index (κ1) is 22.3. The summed E-state index contributed by atoms with van der Waals surface area (Å²) >= 11 is 1.46. The van der Waals surface area contributed by atoms with E-state index >= 15 is 0 Å². The minimum absolute atomic E-state index is 0.0145. The Bertz CT molecular complexity index is 879. The molecule has 162 valence electrons. The van der Waals surface area contributed by atoms with Gasteiger partial charge in [-0.25, -0.2) is 4.79 Å². The van der Waals surface area contributed by atoms with E-state index in [0.717, 1.165) is 41.9 Å². The monoisotopic (exact) mass is 429 g/mol. The van der Waals surface area contributed by atoms with E-state index in [1.54, 1.807) is 7.11 Å². The van der Waals surface area contributed by atoms with Crippen molar-refractivity contribution in [2.75, 3.05) is 19.1 Å². The molecule has 3 rings (SSSR count). The first-order valence-corrected chi connectivity index (χ1v) is 11.4. The summed E-state index contributed by atoms with van der Waals surface area (Å²) in [6.45, 7) is 6.24. The third-order valence-corrected chi connectivity index (χ3v) is 7.01. The summed E-state index contributed by atoms with van der Waals surface area (Å²) in [5, 5.41) is 0.672. The molecule has 1 heterocycles. The van der Waals surface area contributed by atoms with Crippen LogP contribution in [0.15, 0.2) is 30.3 Å². The maximum absolute atomic E-state index is 13.5. The first-order valence-electron chi connectivity index (χ1n) is 10.5. The minimum atomic E-state index is -0.420. The summed E-state index contributed by atoms with van der Waals surface area (Å²) in [7, 11) is 3.01. The molecule has 1 fully saturated rings. The summed E-state index contributed by atoms with van der Waals surface area (Å²) in [5.41, 5.74) is 1.42. The van der Waals surface area contributed by atoms with Gasteiger partial charge in [-0.2, -0.15) is 0 Å². The predicted molar refractivity (Wildman–Crippen MR) is 121 cm³/mol. The Morgan fingerprint density at radius 3 is 2.23 bits per heavy atom. The Morgan fingerprint density at radius 1 is 1.07 bits per heavy atom. The number of anilines is 1. The normalized spacial score (nSPS) is 18.9. The number of nitrogens with zero attached hydrogens (tertiary/aromatic N) is 1. The standard InChI is InChI=1S/C24H31NO4S/c1-15(2)25(22(26)18-8-6-16(3)7-9-18)23-20(24(27)29-5)14-21(30-23)17-10-12-19(28-4)13-11-17/h10-16,18H,6-9H2,1-5H3. The Kier molecular flexibility index (Phi) is 7.19. The number of methoxy groups -OCH3 is 2. The molecule has 0 bridgehead atoms. The fourth-order valence-corrected chi connectivity index (χ4v) is 5.30. The number of amides is 1. The van der Waals surface area contributed by atoms with Gasteiger partial charge in [0.2, 0.25) is 5.91 Å². The van der Waals surface area contributed by atoms with Crippen molar-refractivity contribution < 1.29 is 19.1 Å². The fourth-order valence-electron chi connectivity index (χ4n) is 4.01. The number of thiophene rings is 1. The summed E-state index contributed by atoms with van der Waals surface area (Å²) in [6, 6.07) is 9.48. The van der Waals surface area contributed by atoms with E-state index in [-0.39, 0.29) is 17.9 Å². The Hall–Kier alpha value is -2.34. The van der Waals surface area contributed by atoms with Gasteiger partial charge in [-0.3, -0.25) is 4.79 Å². The summed E-state index contributed by atoms with van der Waals surface area (Å²) < 4.78 is 10.3. The van der Waals surface area contributed by atoms with Crippen molar-refractivity contribution in [3.05, 3.63) is 35.9 Å². The van der Waals surface area contributed by atoms with Gasteiger partial charge in [0.1, 0.15) is 10.8 Å². The summed E-state index contributed by atoms with van der Waals surface area (Å²) in [6.07, 6.45) is 3.97. The largest absolute Gasteiger partial charge is 0.497 e. The van der Waals surface area contributed by atoms with Gasteiger partial charge < -0.3 is 14.4 Å². The fraction of sp³-hybridized carbons (Fsp3) is 0.500. The number of carbonyl (C=O) groups excluding carboxylic acids is 2. The number of carbonyl (C=O) groups is 2. The Balaban J connectivity index is 2.00. The zero-order valence-corrected chi connectivity index (χ0v) is 19.3. The molecule has 0 saturated heterocycles. The van der Waals surface area contributed by atoms with Crippen molar-refractivity contribution in [3.63, 3.8) is 0 Å². The van der Waals surface area contributed by atoms with Crippen LogP contribution in [0.5, 0.6) is 5.75 Å². The van der Waals surface area contributed by atoms with E-state index in [2.05, 4.69) is 6.92 Å². The van der Waals surface area contributed by atoms with Crippen molar-refractivity contribution in [1.29, 1.82) is 0 Å². The van der Waals surface area contributed by atoms with Crippen LogP contribution >= 0.6 is 11.3 Å². The van der Waals surface area contributed by atoms with Crippen LogP contribution in [0.25, 0.3) is 10.4 Å². The molecule has 5 nitrogen and oxygen atoms in total. The van der Waals surface area contributed by atoms with E-state index in [4.69, 9.17) is 9.47 Å². The lowest BCUT2D eigenvalue weighted by atomic mass is 9.82. The second-order valence-electron chi connectivity index (χ2n) is 8.31. The Labute approximate surface area is 183 Å².